The first kappa shape index (κ1) is 19.9. The first-order valence-corrected chi connectivity index (χ1v) is 8.76. The van der Waals surface area contributed by atoms with Gasteiger partial charge >= 0.3 is 6.18 Å². The van der Waals surface area contributed by atoms with Crippen LogP contribution in [0.4, 0.5) is 23.2 Å². The summed E-state index contributed by atoms with van der Waals surface area (Å²) in [5.74, 6) is -1.41. The number of fused-ring (bicyclic) bond motifs is 1. The zero-order valence-electron chi connectivity index (χ0n) is 14.8. The average Bonchev–Trinajstić information content (AvgIpc) is 2.99. The van der Waals surface area contributed by atoms with Gasteiger partial charge in [-0.05, 0) is 47.7 Å². The minimum atomic E-state index is -4.69. The van der Waals surface area contributed by atoms with Crippen LogP contribution in [0.15, 0.2) is 36.4 Å². The first-order chi connectivity index (χ1) is 13.2. The van der Waals surface area contributed by atoms with Gasteiger partial charge in [0, 0.05) is 18.7 Å². The number of benzene rings is 2. The van der Waals surface area contributed by atoms with Crippen LogP contribution in [0.5, 0.6) is 0 Å². The van der Waals surface area contributed by atoms with Crippen molar-refractivity contribution >= 4 is 17.5 Å². The number of nitrogens with one attached hydrogen (secondary N) is 2. The van der Waals surface area contributed by atoms with E-state index >= 15 is 0 Å². The number of alkyl halides is 3. The highest BCUT2D eigenvalue weighted by Gasteiger charge is 2.33. The molecule has 1 aliphatic heterocycles. The summed E-state index contributed by atoms with van der Waals surface area (Å²) in [6.45, 7) is -0.319. The molecule has 2 amide bonds. The second kappa shape index (κ2) is 8.00. The molecule has 3 rings (SSSR count). The molecule has 1 aliphatic rings. The van der Waals surface area contributed by atoms with Crippen LogP contribution in [0.25, 0.3) is 0 Å². The van der Waals surface area contributed by atoms with Crippen molar-refractivity contribution in [1.29, 1.82) is 0 Å². The van der Waals surface area contributed by atoms with Gasteiger partial charge in [0.1, 0.15) is 5.82 Å². The monoisotopic (exact) mass is 394 g/mol. The Morgan fingerprint density at radius 2 is 1.93 bits per heavy atom. The van der Waals surface area contributed by atoms with Crippen molar-refractivity contribution in [1.82, 2.24) is 5.32 Å². The van der Waals surface area contributed by atoms with E-state index in [0.29, 0.717) is 25.3 Å². The standard InChI is InChI=1S/C20H18F4N2O2/c21-15-6-5-13(16(10-15)20(22,23)24)11-25-18(27)3-1-2-12-4-7-17-14(8-12)9-19(28)26-17/h4-8,10H,1-3,9,11H2,(H,25,27)(H,26,28). The van der Waals surface area contributed by atoms with Crippen LogP contribution in [-0.4, -0.2) is 11.8 Å². The van der Waals surface area contributed by atoms with Gasteiger partial charge < -0.3 is 10.6 Å². The molecule has 28 heavy (non-hydrogen) atoms. The predicted molar refractivity (Wildman–Crippen MR) is 95.0 cm³/mol. The average molecular weight is 394 g/mol. The second-order valence-corrected chi connectivity index (χ2v) is 6.65. The van der Waals surface area contributed by atoms with Crippen molar-refractivity contribution in [2.24, 2.45) is 0 Å². The Morgan fingerprint density at radius 3 is 2.68 bits per heavy atom. The maximum absolute atomic E-state index is 13.1. The highest BCUT2D eigenvalue weighted by atomic mass is 19.4. The van der Waals surface area contributed by atoms with Crippen LogP contribution in [0, 0.1) is 5.82 Å². The maximum Gasteiger partial charge on any atom is 0.416 e. The Bertz CT molecular complexity index is 910. The summed E-state index contributed by atoms with van der Waals surface area (Å²) in [5.41, 5.74) is 1.43. The van der Waals surface area contributed by atoms with Crippen molar-refractivity contribution < 1.29 is 27.2 Å². The predicted octanol–water partition coefficient (Wildman–Crippen LogP) is 3.98. The second-order valence-electron chi connectivity index (χ2n) is 6.65. The molecular formula is C20H18F4N2O2. The normalized spacial score (nSPS) is 13.2. The SMILES string of the molecule is O=C(CCCc1ccc2c(c1)CC(=O)N2)NCc1ccc(F)cc1C(F)(F)F. The number of rotatable bonds is 6. The number of anilines is 1. The topological polar surface area (TPSA) is 58.2 Å². The molecule has 1 heterocycles. The fraction of sp³-hybridized carbons (Fsp3) is 0.300. The van der Waals surface area contributed by atoms with Crippen LogP contribution >= 0.6 is 0 Å². The smallest absolute Gasteiger partial charge is 0.352 e. The number of amides is 2. The van der Waals surface area contributed by atoms with Crippen LogP contribution < -0.4 is 10.6 Å². The molecule has 148 valence electrons. The maximum atomic E-state index is 13.1. The highest BCUT2D eigenvalue weighted by Crippen LogP contribution is 2.32. The van der Waals surface area contributed by atoms with Gasteiger partial charge in [0.05, 0.1) is 12.0 Å². The third kappa shape index (κ3) is 4.88. The molecule has 4 nitrogen and oxygen atoms in total. The highest BCUT2D eigenvalue weighted by molar-refractivity contribution is 5.99. The lowest BCUT2D eigenvalue weighted by molar-refractivity contribution is -0.138. The zero-order chi connectivity index (χ0) is 20.3. The molecule has 2 aromatic carbocycles. The summed E-state index contributed by atoms with van der Waals surface area (Å²) in [7, 11) is 0. The van der Waals surface area contributed by atoms with E-state index in [0.717, 1.165) is 28.9 Å². The zero-order valence-corrected chi connectivity index (χ0v) is 14.8. The summed E-state index contributed by atoms with van der Waals surface area (Å²) in [6.07, 6.45) is -3.08. The molecule has 0 spiro atoms. The van der Waals surface area contributed by atoms with Gasteiger partial charge in [-0.25, -0.2) is 4.39 Å². The molecule has 2 N–H and O–H groups in total. The third-order valence-electron chi connectivity index (χ3n) is 4.52. The summed E-state index contributed by atoms with van der Waals surface area (Å²) in [4.78, 5) is 23.3. The molecule has 0 aliphatic carbocycles. The van der Waals surface area contributed by atoms with E-state index in [4.69, 9.17) is 0 Å². The van der Waals surface area contributed by atoms with Gasteiger partial charge in [0.15, 0.2) is 0 Å². The van der Waals surface area contributed by atoms with Crippen LogP contribution in [0.1, 0.15) is 35.1 Å². The Kier molecular flexibility index (Phi) is 5.67. The van der Waals surface area contributed by atoms with Gasteiger partial charge in [-0.3, -0.25) is 9.59 Å². The first-order valence-electron chi connectivity index (χ1n) is 8.76. The third-order valence-corrected chi connectivity index (χ3v) is 4.52. The van der Waals surface area contributed by atoms with Crippen molar-refractivity contribution in [3.05, 3.63) is 64.5 Å². The van der Waals surface area contributed by atoms with Crippen molar-refractivity contribution in [2.75, 3.05) is 5.32 Å². The van der Waals surface area contributed by atoms with Crippen molar-refractivity contribution in [3.63, 3.8) is 0 Å². The van der Waals surface area contributed by atoms with E-state index < -0.39 is 17.6 Å². The minimum Gasteiger partial charge on any atom is -0.352 e. The Labute approximate surface area is 158 Å². The largest absolute Gasteiger partial charge is 0.416 e. The lowest BCUT2D eigenvalue weighted by atomic mass is 10.0. The summed E-state index contributed by atoms with van der Waals surface area (Å²) >= 11 is 0. The van der Waals surface area contributed by atoms with E-state index in [1.54, 1.807) is 0 Å². The number of carbonyl (C=O) groups is 2. The summed E-state index contributed by atoms with van der Waals surface area (Å²) in [6, 6.07) is 8.00. The Morgan fingerprint density at radius 1 is 1.14 bits per heavy atom. The van der Waals surface area contributed by atoms with Crippen LogP contribution in [0.3, 0.4) is 0 Å². The summed E-state index contributed by atoms with van der Waals surface area (Å²) < 4.78 is 52.0. The molecule has 0 bridgehead atoms. The quantitative estimate of drug-likeness (QED) is 0.729. The van der Waals surface area contributed by atoms with Crippen molar-refractivity contribution in [3.8, 4) is 0 Å². The van der Waals surface area contributed by atoms with Gasteiger partial charge in [0.25, 0.3) is 0 Å². The Hall–Kier alpha value is -2.90. The molecule has 0 unspecified atom stereocenters. The molecule has 0 atom stereocenters. The lowest BCUT2D eigenvalue weighted by Gasteiger charge is -2.13. The van der Waals surface area contributed by atoms with E-state index in [2.05, 4.69) is 10.6 Å². The van der Waals surface area contributed by atoms with E-state index in [1.165, 1.54) is 0 Å². The molecule has 0 saturated heterocycles. The molecule has 8 heteroatoms. The molecule has 0 radical (unpaired) electrons. The van der Waals surface area contributed by atoms with Crippen molar-refractivity contribution in [2.45, 2.75) is 38.4 Å². The fourth-order valence-corrected chi connectivity index (χ4v) is 3.14. The van der Waals surface area contributed by atoms with Gasteiger partial charge in [-0.15, -0.1) is 0 Å². The van der Waals surface area contributed by atoms with Gasteiger partial charge in [0.2, 0.25) is 11.8 Å². The number of hydrogen-bond acceptors (Lipinski definition) is 2. The number of hydrogen-bond donors (Lipinski definition) is 2. The van der Waals surface area contributed by atoms with Gasteiger partial charge in [-0.2, -0.15) is 13.2 Å². The fourth-order valence-electron chi connectivity index (χ4n) is 3.14. The van der Waals surface area contributed by atoms with E-state index in [9.17, 15) is 27.2 Å². The molecule has 0 aromatic heterocycles. The lowest BCUT2D eigenvalue weighted by Crippen LogP contribution is -2.24. The number of aryl methyl sites for hydroxylation is 1. The minimum absolute atomic E-state index is 0.0504. The summed E-state index contributed by atoms with van der Waals surface area (Å²) in [5, 5.41) is 5.19. The molecule has 2 aromatic rings. The molecule has 0 saturated carbocycles. The number of carbonyl (C=O) groups excluding carboxylic acids is 2. The van der Waals surface area contributed by atoms with E-state index in [-0.39, 0.29) is 30.3 Å². The van der Waals surface area contributed by atoms with Gasteiger partial charge in [-0.1, -0.05) is 18.2 Å². The van der Waals surface area contributed by atoms with Crippen LogP contribution in [0.2, 0.25) is 0 Å². The molecular weight excluding hydrogens is 376 g/mol. The van der Waals surface area contributed by atoms with Crippen LogP contribution in [-0.2, 0) is 35.2 Å². The Balaban J connectivity index is 1.50. The van der Waals surface area contributed by atoms with E-state index in [1.807, 2.05) is 18.2 Å². The number of halogens is 4. The molecule has 0 fully saturated rings.